The van der Waals surface area contributed by atoms with Gasteiger partial charge in [0, 0.05) is 31.7 Å². The Labute approximate surface area is 124 Å². The molecule has 0 bridgehead atoms. The number of sulfonamides is 1. The van der Waals surface area contributed by atoms with Gasteiger partial charge in [-0.3, -0.25) is 9.67 Å². The van der Waals surface area contributed by atoms with Gasteiger partial charge in [-0.1, -0.05) is 6.07 Å². The molecule has 21 heavy (non-hydrogen) atoms. The Morgan fingerprint density at radius 1 is 1.33 bits per heavy atom. The zero-order valence-electron chi connectivity index (χ0n) is 11.6. The SMILES string of the molecule is NCCCn1cc(S(=O)(=O)NCCc2cccnc2)cn1. The van der Waals surface area contributed by atoms with Crippen LogP contribution in [-0.2, 0) is 23.0 Å². The Bertz CT molecular complexity index is 654. The summed E-state index contributed by atoms with van der Waals surface area (Å²) >= 11 is 0. The number of nitrogens with zero attached hydrogens (tertiary/aromatic N) is 3. The van der Waals surface area contributed by atoms with Gasteiger partial charge in [0.05, 0.1) is 6.20 Å². The van der Waals surface area contributed by atoms with Crippen LogP contribution in [-0.4, -0.2) is 36.3 Å². The Morgan fingerprint density at radius 2 is 2.19 bits per heavy atom. The zero-order valence-corrected chi connectivity index (χ0v) is 12.5. The van der Waals surface area contributed by atoms with E-state index in [4.69, 9.17) is 5.73 Å². The predicted octanol–water partition coefficient (Wildman–Crippen LogP) is 0.148. The molecule has 7 nitrogen and oxygen atoms in total. The molecule has 0 unspecified atom stereocenters. The second-order valence-corrected chi connectivity index (χ2v) is 6.36. The molecule has 0 atom stereocenters. The highest BCUT2D eigenvalue weighted by atomic mass is 32.2. The average molecular weight is 309 g/mol. The molecule has 0 saturated heterocycles. The van der Waals surface area contributed by atoms with Crippen LogP contribution in [0.5, 0.6) is 0 Å². The fourth-order valence-electron chi connectivity index (χ4n) is 1.82. The van der Waals surface area contributed by atoms with Gasteiger partial charge in [0.15, 0.2) is 0 Å². The van der Waals surface area contributed by atoms with Gasteiger partial charge in [-0.25, -0.2) is 13.1 Å². The van der Waals surface area contributed by atoms with Crippen molar-refractivity contribution in [1.29, 1.82) is 0 Å². The molecule has 0 amide bonds. The third-order valence-corrected chi connectivity index (χ3v) is 4.36. The summed E-state index contributed by atoms with van der Waals surface area (Å²) in [5.74, 6) is 0. The first-order valence-corrected chi connectivity index (χ1v) is 8.21. The molecule has 0 spiro atoms. The van der Waals surface area contributed by atoms with Crippen molar-refractivity contribution < 1.29 is 8.42 Å². The largest absolute Gasteiger partial charge is 0.330 e. The summed E-state index contributed by atoms with van der Waals surface area (Å²) in [5, 5.41) is 4.02. The second-order valence-electron chi connectivity index (χ2n) is 4.59. The van der Waals surface area contributed by atoms with E-state index in [1.165, 1.54) is 12.4 Å². The quantitative estimate of drug-likeness (QED) is 0.722. The molecule has 0 aromatic carbocycles. The molecule has 2 heterocycles. The second kappa shape index (κ2) is 7.30. The highest BCUT2D eigenvalue weighted by molar-refractivity contribution is 7.89. The van der Waals surface area contributed by atoms with Crippen LogP contribution in [0.3, 0.4) is 0 Å². The van der Waals surface area contributed by atoms with Crippen LogP contribution in [0.2, 0.25) is 0 Å². The number of hydrogen-bond donors (Lipinski definition) is 2. The number of pyridine rings is 1. The van der Waals surface area contributed by atoms with Gasteiger partial charge in [0.2, 0.25) is 10.0 Å². The predicted molar refractivity (Wildman–Crippen MR) is 79.0 cm³/mol. The number of hydrogen-bond acceptors (Lipinski definition) is 5. The van der Waals surface area contributed by atoms with E-state index >= 15 is 0 Å². The number of nitrogens with one attached hydrogen (secondary N) is 1. The Hall–Kier alpha value is -1.77. The molecule has 0 saturated carbocycles. The molecule has 0 aliphatic rings. The number of aromatic nitrogens is 3. The van der Waals surface area contributed by atoms with Crippen LogP contribution in [0.15, 0.2) is 41.8 Å². The lowest BCUT2D eigenvalue weighted by molar-refractivity contribution is 0.576. The lowest BCUT2D eigenvalue weighted by Gasteiger charge is -2.04. The van der Waals surface area contributed by atoms with Crippen LogP contribution in [0.25, 0.3) is 0 Å². The molecular weight excluding hydrogens is 290 g/mol. The summed E-state index contributed by atoms with van der Waals surface area (Å²) in [5.41, 5.74) is 6.40. The van der Waals surface area contributed by atoms with E-state index in [0.717, 1.165) is 12.0 Å². The summed E-state index contributed by atoms with van der Waals surface area (Å²) in [7, 11) is -3.52. The zero-order chi connectivity index (χ0) is 15.1. The van der Waals surface area contributed by atoms with Crippen molar-refractivity contribution in [2.45, 2.75) is 24.3 Å². The molecule has 2 aromatic rings. The van der Waals surface area contributed by atoms with E-state index in [1.54, 1.807) is 17.1 Å². The minimum absolute atomic E-state index is 0.172. The van der Waals surface area contributed by atoms with E-state index in [-0.39, 0.29) is 4.90 Å². The minimum atomic E-state index is -3.52. The van der Waals surface area contributed by atoms with Crippen molar-refractivity contribution in [2.24, 2.45) is 5.73 Å². The topological polar surface area (TPSA) is 103 Å². The highest BCUT2D eigenvalue weighted by Gasteiger charge is 2.15. The van der Waals surface area contributed by atoms with Gasteiger partial charge < -0.3 is 5.73 Å². The minimum Gasteiger partial charge on any atom is -0.330 e. The van der Waals surface area contributed by atoms with Crippen LogP contribution in [0.1, 0.15) is 12.0 Å². The summed E-state index contributed by atoms with van der Waals surface area (Å²) in [6.45, 7) is 1.48. The maximum Gasteiger partial charge on any atom is 0.243 e. The van der Waals surface area contributed by atoms with Crippen LogP contribution >= 0.6 is 0 Å². The molecule has 0 aliphatic carbocycles. The number of rotatable bonds is 8. The lowest BCUT2D eigenvalue weighted by atomic mass is 10.2. The molecule has 0 aliphatic heterocycles. The molecule has 3 N–H and O–H groups in total. The summed E-state index contributed by atoms with van der Waals surface area (Å²) < 4.78 is 28.4. The lowest BCUT2D eigenvalue weighted by Crippen LogP contribution is -2.25. The summed E-state index contributed by atoms with van der Waals surface area (Å²) in [4.78, 5) is 4.16. The van der Waals surface area contributed by atoms with E-state index in [1.807, 2.05) is 12.1 Å². The van der Waals surface area contributed by atoms with Crippen LogP contribution < -0.4 is 10.5 Å². The molecule has 8 heteroatoms. The van der Waals surface area contributed by atoms with Crippen molar-refractivity contribution in [1.82, 2.24) is 19.5 Å². The third-order valence-electron chi connectivity index (χ3n) is 2.94. The number of aryl methyl sites for hydroxylation is 1. The summed E-state index contributed by atoms with van der Waals surface area (Å²) in [6.07, 6.45) is 7.62. The van der Waals surface area contributed by atoms with E-state index < -0.39 is 10.0 Å². The van der Waals surface area contributed by atoms with Gasteiger partial charge in [-0.2, -0.15) is 5.10 Å². The molecule has 2 rings (SSSR count). The Kier molecular flexibility index (Phi) is 5.43. The average Bonchev–Trinajstić information content (AvgIpc) is 2.96. The number of nitrogens with two attached hydrogens (primary N) is 1. The molecule has 0 fully saturated rings. The van der Waals surface area contributed by atoms with Crippen molar-refractivity contribution >= 4 is 10.0 Å². The van der Waals surface area contributed by atoms with E-state index in [0.29, 0.717) is 26.1 Å². The molecule has 2 aromatic heterocycles. The van der Waals surface area contributed by atoms with E-state index in [2.05, 4.69) is 14.8 Å². The Morgan fingerprint density at radius 3 is 2.90 bits per heavy atom. The Balaban J connectivity index is 1.90. The fourth-order valence-corrected chi connectivity index (χ4v) is 2.80. The monoisotopic (exact) mass is 309 g/mol. The van der Waals surface area contributed by atoms with Gasteiger partial charge in [-0.05, 0) is 31.0 Å². The van der Waals surface area contributed by atoms with Crippen molar-refractivity contribution in [3.8, 4) is 0 Å². The summed E-state index contributed by atoms with van der Waals surface area (Å²) in [6, 6.07) is 3.73. The smallest absolute Gasteiger partial charge is 0.243 e. The molecule has 114 valence electrons. The van der Waals surface area contributed by atoms with Gasteiger partial charge in [-0.15, -0.1) is 0 Å². The third kappa shape index (κ3) is 4.62. The normalized spacial score (nSPS) is 11.7. The van der Waals surface area contributed by atoms with Crippen LogP contribution in [0, 0.1) is 0 Å². The van der Waals surface area contributed by atoms with Gasteiger partial charge in [0.25, 0.3) is 0 Å². The van der Waals surface area contributed by atoms with Crippen molar-refractivity contribution in [2.75, 3.05) is 13.1 Å². The van der Waals surface area contributed by atoms with Gasteiger partial charge in [0.1, 0.15) is 4.90 Å². The van der Waals surface area contributed by atoms with E-state index in [9.17, 15) is 8.42 Å². The maximum absolute atomic E-state index is 12.1. The maximum atomic E-state index is 12.1. The highest BCUT2D eigenvalue weighted by Crippen LogP contribution is 2.07. The fraction of sp³-hybridized carbons (Fsp3) is 0.385. The van der Waals surface area contributed by atoms with Crippen LogP contribution in [0.4, 0.5) is 0 Å². The standard InChI is InChI=1S/C13H19N5O2S/c14-5-2-8-18-11-13(10-16-18)21(19,20)17-7-4-12-3-1-6-15-9-12/h1,3,6,9-11,17H,2,4-5,7-8,14H2. The van der Waals surface area contributed by atoms with Crippen molar-refractivity contribution in [3.05, 3.63) is 42.5 Å². The first kappa shape index (κ1) is 15.6. The van der Waals surface area contributed by atoms with Gasteiger partial charge >= 0.3 is 0 Å². The van der Waals surface area contributed by atoms with Crippen molar-refractivity contribution in [3.63, 3.8) is 0 Å². The molecule has 0 radical (unpaired) electrons. The first-order valence-electron chi connectivity index (χ1n) is 6.73. The molecular formula is C13H19N5O2S. The first-order chi connectivity index (χ1) is 10.1.